The van der Waals surface area contributed by atoms with Crippen LogP contribution >= 0.6 is 11.3 Å². The Morgan fingerprint density at radius 2 is 2.24 bits per heavy atom. The molecule has 0 aliphatic carbocycles. The molecule has 17 heavy (non-hydrogen) atoms. The van der Waals surface area contributed by atoms with Crippen molar-refractivity contribution in [2.24, 2.45) is 0 Å². The van der Waals surface area contributed by atoms with Gasteiger partial charge in [-0.05, 0) is 37.4 Å². The van der Waals surface area contributed by atoms with Crippen molar-refractivity contribution in [1.82, 2.24) is 15.0 Å². The summed E-state index contributed by atoms with van der Waals surface area (Å²) in [7, 11) is 0. The van der Waals surface area contributed by atoms with Crippen LogP contribution in [0.3, 0.4) is 0 Å². The highest BCUT2D eigenvalue weighted by atomic mass is 32.1. The molecular formula is C12H13N3OS. The van der Waals surface area contributed by atoms with Gasteiger partial charge in [0.1, 0.15) is 0 Å². The summed E-state index contributed by atoms with van der Waals surface area (Å²) in [5.74, 6) is 1.59. The monoisotopic (exact) mass is 247 g/mol. The first-order valence-electron chi connectivity index (χ1n) is 5.96. The standard InChI is InChI=1S/C12H13N3OS/c1-2-9(17-7-1)10-13-11(16-14-10)12-3-5-15(8-12)6-4-12/h1-2,7H,3-6,8H2. The minimum Gasteiger partial charge on any atom is -0.338 e. The fourth-order valence-corrected chi connectivity index (χ4v) is 3.60. The topological polar surface area (TPSA) is 42.2 Å². The fraction of sp³-hybridized carbons (Fsp3) is 0.500. The van der Waals surface area contributed by atoms with Crippen LogP contribution in [0.1, 0.15) is 18.7 Å². The van der Waals surface area contributed by atoms with Gasteiger partial charge in [0.15, 0.2) is 0 Å². The molecule has 2 aliphatic rings. The lowest BCUT2D eigenvalue weighted by molar-refractivity contribution is 0.292. The summed E-state index contributed by atoms with van der Waals surface area (Å²) in [6, 6.07) is 4.05. The second-order valence-electron chi connectivity index (χ2n) is 4.96. The molecule has 88 valence electrons. The first kappa shape index (κ1) is 9.79. The van der Waals surface area contributed by atoms with Crippen molar-refractivity contribution in [3.8, 4) is 10.7 Å². The van der Waals surface area contributed by atoms with Crippen molar-refractivity contribution in [3.63, 3.8) is 0 Å². The molecule has 0 atom stereocenters. The van der Waals surface area contributed by atoms with E-state index >= 15 is 0 Å². The molecule has 5 heteroatoms. The fourth-order valence-electron chi connectivity index (χ4n) is 2.95. The Kier molecular flexibility index (Phi) is 1.96. The highest BCUT2D eigenvalue weighted by molar-refractivity contribution is 7.13. The summed E-state index contributed by atoms with van der Waals surface area (Å²) >= 11 is 1.65. The molecule has 4 nitrogen and oxygen atoms in total. The molecule has 0 N–H and O–H groups in total. The summed E-state index contributed by atoms with van der Waals surface area (Å²) < 4.78 is 5.51. The van der Waals surface area contributed by atoms with Crippen LogP contribution in [0.15, 0.2) is 22.0 Å². The van der Waals surface area contributed by atoms with Gasteiger partial charge in [0, 0.05) is 6.54 Å². The summed E-state index contributed by atoms with van der Waals surface area (Å²) in [5, 5.41) is 6.16. The largest absolute Gasteiger partial charge is 0.338 e. The Labute approximate surface area is 103 Å². The van der Waals surface area contributed by atoms with E-state index in [0.29, 0.717) is 0 Å². The zero-order valence-corrected chi connectivity index (χ0v) is 10.2. The van der Waals surface area contributed by atoms with E-state index in [1.165, 1.54) is 25.9 Å². The average molecular weight is 247 g/mol. The van der Waals surface area contributed by atoms with E-state index in [1.807, 2.05) is 17.5 Å². The van der Waals surface area contributed by atoms with Crippen molar-refractivity contribution in [2.75, 3.05) is 19.6 Å². The van der Waals surface area contributed by atoms with Gasteiger partial charge in [0.25, 0.3) is 0 Å². The van der Waals surface area contributed by atoms with Crippen molar-refractivity contribution in [2.45, 2.75) is 18.3 Å². The van der Waals surface area contributed by atoms with E-state index < -0.39 is 0 Å². The van der Waals surface area contributed by atoms with Gasteiger partial charge in [-0.25, -0.2) is 0 Å². The molecular weight excluding hydrogens is 234 g/mol. The van der Waals surface area contributed by atoms with Gasteiger partial charge in [-0.15, -0.1) is 11.3 Å². The van der Waals surface area contributed by atoms with Gasteiger partial charge < -0.3 is 9.42 Å². The summed E-state index contributed by atoms with van der Waals surface area (Å²) in [6.07, 6.45) is 2.33. The molecule has 0 saturated carbocycles. The number of aromatic nitrogens is 2. The maximum Gasteiger partial charge on any atom is 0.234 e. The van der Waals surface area contributed by atoms with Crippen molar-refractivity contribution in [3.05, 3.63) is 23.4 Å². The Hall–Kier alpha value is -1.20. The van der Waals surface area contributed by atoms with Gasteiger partial charge in [-0.1, -0.05) is 11.2 Å². The third-order valence-corrected chi connectivity index (χ3v) is 4.83. The Balaban J connectivity index is 1.72. The first-order valence-corrected chi connectivity index (χ1v) is 6.84. The second kappa shape index (κ2) is 3.40. The summed E-state index contributed by atoms with van der Waals surface area (Å²) in [6.45, 7) is 3.45. The lowest BCUT2D eigenvalue weighted by Crippen LogP contribution is -2.24. The van der Waals surface area contributed by atoms with Crippen LogP contribution in [0, 0.1) is 0 Å². The van der Waals surface area contributed by atoms with Crippen molar-refractivity contribution in [1.29, 1.82) is 0 Å². The average Bonchev–Trinajstić information content (AvgIpc) is 3.13. The quantitative estimate of drug-likeness (QED) is 0.815. The van der Waals surface area contributed by atoms with Gasteiger partial charge in [-0.2, -0.15) is 4.98 Å². The number of thiophene rings is 1. The molecule has 2 fully saturated rings. The Morgan fingerprint density at radius 1 is 1.35 bits per heavy atom. The molecule has 4 rings (SSSR count). The molecule has 0 amide bonds. The lowest BCUT2D eigenvalue weighted by atomic mass is 9.84. The molecule has 0 spiro atoms. The molecule has 2 saturated heterocycles. The van der Waals surface area contributed by atoms with Gasteiger partial charge >= 0.3 is 0 Å². The van der Waals surface area contributed by atoms with Crippen LogP contribution in [0.25, 0.3) is 10.7 Å². The second-order valence-corrected chi connectivity index (χ2v) is 5.90. The van der Waals surface area contributed by atoms with Crippen LogP contribution in [0.5, 0.6) is 0 Å². The predicted molar refractivity (Wildman–Crippen MR) is 65.0 cm³/mol. The lowest BCUT2D eigenvalue weighted by Gasteiger charge is -2.19. The van der Waals surface area contributed by atoms with Crippen molar-refractivity contribution >= 4 is 11.3 Å². The van der Waals surface area contributed by atoms with E-state index in [9.17, 15) is 0 Å². The van der Waals surface area contributed by atoms with Crippen LogP contribution in [-0.4, -0.2) is 34.7 Å². The van der Waals surface area contributed by atoms with Crippen LogP contribution < -0.4 is 0 Å². The molecule has 0 unspecified atom stereocenters. The van der Waals surface area contributed by atoms with E-state index in [0.717, 1.165) is 23.1 Å². The summed E-state index contributed by atoms with van der Waals surface area (Å²) in [5.41, 5.74) is 0.155. The smallest absolute Gasteiger partial charge is 0.234 e. The van der Waals surface area contributed by atoms with Gasteiger partial charge in [-0.3, -0.25) is 0 Å². The first-order chi connectivity index (χ1) is 8.36. The molecule has 2 bridgehead atoms. The van der Waals surface area contributed by atoms with Crippen LogP contribution in [0.4, 0.5) is 0 Å². The highest BCUT2D eigenvalue weighted by Gasteiger charge is 2.48. The molecule has 2 aromatic heterocycles. The zero-order valence-electron chi connectivity index (χ0n) is 9.43. The van der Waals surface area contributed by atoms with Crippen LogP contribution in [-0.2, 0) is 5.41 Å². The number of piperidine rings is 1. The Bertz CT molecular complexity index is 526. The third-order valence-electron chi connectivity index (χ3n) is 3.96. The predicted octanol–water partition coefficient (Wildman–Crippen LogP) is 2.15. The number of hydrogen-bond donors (Lipinski definition) is 0. The Morgan fingerprint density at radius 3 is 2.88 bits per heavy atom. The molecule has 2 aromatic rings. The molecule has 0 radical (unpaired) electrons. The summed E-state index contributed by atoms with van der Waals surface area (Å²) in [4.78, 5) is 8.18. The van der Waals surface area contributed by atoms with Crippen molar-refractivity contribution < 1.29 is 4.52 Å². The highest BCUT2D eigenvalue weighted by Crippen LogP contribution is 2.42. The molecule has 0 aromatic carbocycles. The zero-order chi connectivity index (χ0) is 11.3. The van der Waals surface area contributed by atoms with Crippen LogP contribution in [0.2, 0.25) is 0 Å². The minimum absolute atomic E-state index is 0.155. The molecule has 4 heterocycles. The number of hydrogen-bond acceptors (Lipinski definition) is 5. The maximum atomic E-state index is 5.51. The minimum atomic E-state index is 0.155. The van der Waals surface area contributed by atoms with Gasteiger partial charge in [0.05, 0.1) is 10.3 Å². The van der Waals surface area contributed by atoms with E-state index in [1.54, 1.807) is 11.3 Å². The van der Waals surface area contributed by atoms with E-state index in [2.05, 4.69) is 15.0 Å². The van der Waals surface area contributed by atoms with Gasteiger partial charge in [0.2, 0.25) is 11.7 Å². The normalized spacial score (nSPS) is 31.2. The third kappa shape index (κ3) is 1.39. The maximum absolute atomic E-state index is 5.51. The SMILES string of the molecule is c1csc(-c2noc(C34CCN(CC3)C4)n2)c1. The van der Waals surface area contributed by atoms with E-state index in [-0.39, 0.29) is 5.41 Å². The molecule has 2 aliphatic heterocycles. The van der Waals surface area contributed by atoms with E-state index in [4.69, 9.17) is 4.52 Å². The number of rotatable bonds is 2. The number of fused-ring (bicyclic) bond motifs is 2. The number of nitrogens with zero attached hydrogens (tertiary/aromatic N) is 3.